The molecule has 0 saturated carbocycles. The van der Waals surface area contributed by atoms with Crippen molar-refractivity contribution < 1.29 is 25.8 Å². The van der Waals surface area contributed by atoms with Crippen molar-refractivity contribution in [3.63, 3.8) is 0 Å². The Morgan fingerprint density at radius 2 is 0.960 bits per heavy atom. The molecule has 0 saturated heterocycles. The summed E-state index contributed by atoms with van der Waals surface area (Å²) < 4.78 is 66.3. The summed E-state index contributed by atoms with van der Waals surface area (Å²) in [4.78, 5) is 0. The van der Waals surface area contributed by atoms with E-state index in [4.69, 9.17) is 0 Å². The molecule has 1 aliphatic rings. The first-order chi connectivity index (χ1) is 24.2. The van der Waals surface area contributed by atoms with Gasteiger partial charge in [0.05, 0.1) is 0 Å². The van der Waals surface area contributed by atoms with Crippen LogP contribution in [0.15, 0.2) is 152 Å². The average molecular weight is 679 g/mol. The summed E-state index contributed by atoms with van der Waals surface area (Å²) in [7, 11) is -5.77. The van der Waals surface area contributed by atoms with E-state index in [1.807, 2.05) is 24.3 Å². The molecular weight excluding hydrogens is 654 g/mol. The van der Waals surface area contributed by atoms with Crippen LogP contribution in [0.5, 0.6) is 5.75 Å². The van der Waals surface area contributed by atoms with Gasteiger partial charge >= 0.3 is 15.6 Å². The summed E-state index contributed by atoms with van der Waals surface area (Å²) in [6.45, 7) is 0. The highest BCUT2D eigenvalue weighted by molar-refractivity contribution is 7.88. The molecule has 0 amide bonds. The van der Waals surface area contributed by atoms with Gasteiger partial charge < -0.3 is 4.18 Å². The number of hydrogen-bond donors (Lipinski definition) is 0. The third-order valence-electron chi connectivity index (χ3n) is 9.53. The Morgan fingerprint density at radius 3 is 1.58 bits per heavy atom. The van der Waals surface area contributed by atoms with E-state index in [0.717, 1.165) is 49.5 Å². The van der Waals surface area contributed by atoms with E-state index in [0.29, 0.717) is 5.39 Å². The maximum Gasteiger partial charge on any atom is 0.534 e. The molecule has 0 aromatic heterocycles. The summed E-state index contributed by atoms with van der Waals surface area (Å²) in [5.41, 5.74) is 5.80. The van der Waals surface area contributed by atoms with Crippen molar-refractivity contribution in [3.8, 4) is 61.4 Å². The Kier molecular flexibility index (Phi) is 6.67. The third-order valence-corrected chi connectivity index (χ3v) is 10.5. The minimum atomic E-state index is -5.77. The lowest BCUT2D eigenvalue weighted by atomic mass is 9.82. The van der Waals surface area contributed by atoms with E-state index >= 15 is 0 Å². The van der Waals surface area contributed by atoms with Gasteiger partial charge in [-0.05, 0) is 106 Å². The van der Waals surface area contributed by atoms with Crippen LogP contribution in [0.25, 0.3) is 88.0 Å². The Labute approximate surface area is 286 Å². The summed E-state index contributed by atoms with van der Waals surface area (Å²) in [5.74, 6) is -0.401. The highest BCUT2D eigenvalue weighted by atomic mass is 32.2. The molecule has 0 heterocycles. The fourth-order valence-corrected chi connectivity index (χ4v) is 7.93. The molecule has 0 spiro atoms. The van der Waals surface area contributed by atoms with Gasteiger partial charge in [-0.25, -0.2) is 0 Å². The van der Waals surface area contributed by atoms with Crippen molar-refractivity contribution in [2.24, 2.45) is 0 Å². The van der Waals surface area contributed by atoms with E-state index in [-0.39, 0.29) is 0 Å². The first kappa shape index (κ1) is 30.2. The Morgan fingerprint density at radius 1 is 0.440 bits per heavy atom. The van der Waals surface area contributed by atoms with Gasteiger partial charge in [-0.3, -0.25) is 0 Å². The third kappa shape index (κ3) is 4.61. The molecule has 0 fully saturated rings. The van der Waals surface area contributed by atoms with Gasteiger partial charge in [-0.15, -0.1) is 0 Å². The van der Waals surface area contributed by atoms with Crippen LogP contribution in [0.4, 0.5) is 13.2 Å². The number of rotatable bonds is 5. The molecule has 50 heavy (non-hydrogen) atoms. The lowest BCUT2D eigenvalue weighted by molar-refractivity contribution is -0.0500. The van der Waals surface area contributed by atoms with Crippen LogP contribution in [0.2, 0.25) is 0 Å². The second kappa shape index (κ2) is 11.1. The first-order valence-electron chi connectivity index (χ1n) is 16.0. The van der Waals surface area contributed by atoms with Crippen molar-refractivity contribution in [2.45, 2.75) is 5.51 Å². The Balaban J connectivity index is 1.27. The van der Waals surface area contributed by atoms with E-state index in [1.54, 1.807) is 12.1 Å². The number of halogens is 3. The predicted molar refractivity (Wildman–Crippen MR) is 195 cm³/mol. The second-order valence-electron chi connectivity index (χ2n) is 12.4. The zero-order chi connectivity index (χ0) is 34.2. The number of hydrogen-bond acceptors (Lipinski definition) is 3. The van der Waals surface area contributed by atoms with E-state index in [2.05, 4.69) is 107 Å². The lowest BCUT2D eigenvalue weighted by Gasteiger charge is -2.20. The van der Waals surface area contributed by atoms with Crippen molar-refractivity contribution in [3.05, 3.63) is 152 Å². The van der Waals surface area contributed by atoms with E-state index < -0.39 is 21.4 Å². The highest BCUT2D eigenvalue weighted by Gasteiger charge is 2.48. The minimum Gasteiger partial charge on any atom is -0.376 e. The van der Waals surface area contributed by atoms with Gasteiger partial charge in [0.2, 0.25) is 0 Å². The molecule has 3 nitrogen and oxygen atoms in total. The molecule has 242 valence electrons. The first-order valence-corrected chi connectivity index (χ1v) is 17.4. The maximum atomic E-state index is 12.9. The monoisotopic (exact) mass is 678 g/mol. The van der Waals surface area contributed by atoms with Crippen molar-refractivity contribution in [1.82, 2.24) is 0 Å². The Bertz CT molecular complexity index is 2680. The molecule has 0 bridgehead atoms. The van der Waals surface area contributed by atoms with Crippen molar-refractivity contribution in [2.75, 3.05) is 0 Å². The molecule has 0 N–H and O–H groups in total. The van der Waals surface area contributed by atoms with Crippen LogP contribution in [0.1, 0.15) is 0 Å². The molecule has 0 atom stereocenters. The van der Waals surface area contributed by atoms with Crippen LogP contribution < -0.4 is 4.18 Å². The van der Waals surface area contributed by atoms with Gasteiger partial charge in [0, 0.05) is 0 Å². The quantitative estimate of drug-likeness (QED) is 0.134. The molecule has 0 radical (unpaired) electrons. The van der Waals surface area contributed by atoms with Crippen LogP contribution in [-0.2, 0) is 10.1 Å². The van der Waals surface area contributed by atoms with Crippen molar-refractivity contribution in [1.29, 1.82) is 0 Å². The molecule has 7 heteroatoms. The minimum absolute atomic E-state index is 0.401. The van der Waals surface area contributed by atoms with Crippen LogP contribution in [-0.4, -0.2) is 13.9 Å². The van der Waals surface area contributed by atoms with E-state index in [1.165, 1.54) is 45.2 Å². The largest absolute Gasteiger partial charge is 0.534 e. The fraction of sp³-hybridized carbons (Fsp3) is 0.0233. The van der Waals surface area contributed by atoms with E-state index in [9.17, 15) is 21.6 Å². The van der Waals surface area contributed by atoms with Gasteiger partial charge in [0.15, 0.2) is 0 Å². The standard InChI is InChI=1S/C43H25F3O3S/c44-43(45,46)50(47,48)49-31-21-20-28-24-30(19-18-29(28)25-31)32-22-23-37-40-33(32)16-9-17-36(40)41-38(26-10-3-1-4-11-26)34-14-7-8-15-35(34)39(42(37)41)27-12-5-2-6-13-27/h1-25H. The second-order valence-corrected chi connectivity index (χ2v) is 13.9. The van der Waals surface area contributed by atoms with Gasteiger partial charge in [-0.2, -0.15) is 21.6 Å². The normalized spacial score (nSPS) is 12.5. The highest BCUT2D eigenvalue weighted by Crippen LogP contribution is 2.58. The summed E-state index contributed by atoms with van der Waals surface area (Å²) >= 11 is 0. The Hall–Kier alpha value is -5.92. The zero-order valence-electron chi connectivity index (χ0n) is 26.2. The molecule has 0 unspecified atom stereocenters. The molecule has 1 aliphatic carbocycles. The molecule has 8 aromatic rings. The van der Waals surface area contributed by atoms with Crippen LogP contribution in [0.3, 0.4) is 0 Å². The smallest absolute Gasteiger partial charge is 0.376 e. The summed E-state index contributed by atoms with van der Waals surface area (Å²) in [6.07, 6.45) is 0. The maximum absolute atomic E-state index is 12.9. The fourth-order valence-electron chi connectivity index (χ4n) is 7.48. The number of alkyl halides is 3. The summed E-state index contributed by atoms with van der Waals surface area (Å²) in [5, 5.41) is 5.88. The van der Waals surface area contributed by atoms with Gasteiger partial charge in [-0.1, -0.05) is 133 Å². The van der Waals surface area contributed by atoms with Crippen LogP contribution >= 0.6 is 0 Å². The SMILES string of the molecule is O=S(=O)(Oc1ccc2cc(-c3ccc4c5c(cccc35)-c3c-4c(-c4ccccc4)c4ccccc4c3-c3ccccc3)ccc2c1)C(F)(F)F. The average Bonchev–Trinajstić information content (AvgIpc) is 3.45. The number of fused-ring (bicyclic) bond motifs is 5. The zero-order valence-corrected chi connectivity index (χ0v) is 27.0. The van der Waals surface area contributed by atoms with Gasteiger partial charge in [0.25, 0.3) is 0 Å². The van der Waals surface area contributed by atoms with Crippen LogP contribution in [0, 0.1) is 0 Å². The molecule has 9 rings (SSSR count). The topological polar surface area (TPSA) is 43.4 Å². The van der Waals surface area contributed by atoms with Crippen molar-refractivity contribution >= 4 is 42.4 Å². The molecule has 0 aliphatic heterocycles. The summed E-state index contributed by atoms with van der Waals surface area (Å²) in [6, 6.07) is 50.2. The predicted octanol–water partition coefficient (Wildman–Crippen LogP) is 12.0. The van der Waals surface area contributed by atoms with Gasteiger partial charge in [0.1, 0.15) is 5.75 Å². The number of benzene rings is 8. The molecule has 8 aromatic carbocycles. The lowest BCUT2D eigenvalue weighted by Crippen LogP contribution is -2.28. The molecular formula is C43H25F3O3S.